The molecule has 0 radical (unpaired) electrons. The van der Waals surface area contributed by atoms with Crippen molar-refractivity contribution in [3.05, 3.63) is 0 Å². The zero-order valence-electron chi connectivity index (χ0n) is 15.2. The van der Waals surface area contributed by atoms with E-state index in [0.29, 0.717) is 18.5 Å². The van der Waals surface area contributed by atoms with Crippen molar-refractivity contribution in [2.75, 3.05) is 19.6 Å². The summed E-state index contributed by atoms with van der Waals surface area (Å²) in [6.07, 6.45) is 5.58. The van der Waals surface area contributed by atoms with Gasteiger partial charge in [0.2, 0.25) is 11.8 Å². The second-order valence-corrected chi connectivity index (χ2v) is 8.61. The number of fused-ring (bicyclic) bond motifs is 2. The lowest BCUT2D eigenvalue weighted by Gasteiger charge is -2.34. The molecule has 0 spiro atoms. The van der Waals surface area contributed by atoms with Crippen LogP contribution in [0.25, 0.3) is 0 Å². The van der Waals surface area contributed by atoms with Crippen molar-refractivity contribution in [1.29, 1.82) is 0 Å². The van der Waals surface area contributed by atoms with E-state index in [0.717, 1.165) is 51.7 Å². The molecule has 0 aromatic rings. The number of rotatable bonds is 2. The van der Waals surface area contributed by atoms with E-state index in [1.165, 1.54) is 0 Å². The molecule has 138 valence electrons. The number of hydrogen-bond donors (Lipinski definition) is 1. The van der Waals surface area contributed by atoms with Crippen LogP contribution in [-0.2, 0) is 9.59 Å². The van der Waals surface area contributed by atoms with E-state index in [1.54, 1.807) is 0 Å². The van der Waals surface area contributed by atoms with Gasteiger partial charge >= 0.3 is 0 Å². The molecule has 5 nitrogen and oxygen atoms in total. The van der Waals surface area contributed by atoms with Crippen LogP contribution < -0.4 is 5.32 Å². The Morgan fingerprint density at radius 1 is 1.08 bits per heavy atom. The molecule has 3 unspecified atom stereocenters. The number of hydrogen-bond acceptors (Lipinski definition) is 3. The number of likely N-dealkylation sites (tertiary alicyclic amines) is 1. The fourth-order valence-electron chi connectivity index (χ4n) is 4.39. The largest absolute Gasteiger partial charge is 0.334 e. The van der Waals surface area contributed by atoms with Crippen LogP contribution in [0, 0.1) is 5.41 Å². The maximum absolute atomic E-state index is 13.2. The standard InChI is InChI=1S/C18H31N3O2.ClH/c1-18(2,3)11-16(22)20-10-4-5-15(20)17(23)21-13-6-7-14(21)12-19-9-8-13;/h13-15,19H,4-12H2,1-3H3;1H. The highest BCUT2D eigenvalue weighted by atomic mass is 35.5. The molecule has 3 rings (SSSR count). The van der Waals surface area contributed by atoms with Crippen LogP contribution >= 0.6 is 12.4 Å². The van der Waals surface area contributed by atoms with Crippen LogP contribution in [0.1, 0.15) is 59.3 Å². The first-order valence-corrected chi connectivity index (χ1v) is 9.19. The quantitative estimate of drug-likeness (QED) is 0.824. The van der Waals surface area contributed by atoms with Gasteiger partial charge in [-0.1, -0.05) is 20.8 Å². The first kappa shape index (κ1) is 19.5. The number of nitrogens with one attached hydrogen (secondary N) is 1. The molecule has 3 saturated heterocycles. The third-order valence-electron chi connectivity index (χ3n) is 5.45. The molecular weight excluding hydrogens is 326 g/mol. The Balaban J connectivity index is 0.00000208. The summed E-state index contributed by atoms with van der Waals surface area (Å²) in [5.74, 6) is 0.356. The average Bonchev–Trinajstić information content (AvgIpc) is 3.00. The van der Waals surface area contributed by atoms with Crippen molar-refractivity contribution >= 4 is 24.2 Å². The number of halogens is 1. The average molecular weight is 358 g/mol. The van der Waals surface area contributed by atoms with Crippen molar-refractivity contribution in [3.8, 4) is 0 Å². The molecule has 0 aliphatic carbocycles. The SMILES string of the molecule is CC(C)(C)CC(=O)N1CCCC1C(=O)N1C2CCNCC1CC2.Cl. The highest BCUT2D eigenvalue weighted by Crippen LogP contribution is 2.32. The molecule has 24 heavy (non-hydrogen) atoms. The van der Waals surface area contributed by atoms with Gasteiger partial charge in [-0.15, -0.1) is 12.4 Å². The van der Waals surface area contributed by atoms with Crippen LogP contribution in [0.2, 0.25) is 0 Å². The molecule has 3 atom stereocenters. The maximum Gasteiger partial charge on any atom is 0.245 e. The van der Waals surface area contributed by atoms with E-state index in [4.69, 9.17) is 0 Å². The molecule has 3 aliphatic rings. The summed E-state index contributed by atoms with van der Waals surface area (Å²) in [7, 11) is 0. The Morgan fingerprint density at radius 2 is 1.79 bits per heavy atom. The van der Waals surface area contributed by atoms with Crippen molar-refractivity contribution in [2.24, 2.45) is 5.41 Å². The lowest BCUT2D eigenvalue weighted by molar-refractivity contribution is -0.146. The third kappa shape index (κ3) is 4.05. The van der Waals surface area contributed by atoms with Crippen molar-refractivity contribution < 1.29 is 9.59 Å². The third-order valence-corrected chi connectivity index (χ3v) is 5.45. The lowest BCUT2D eigenvalue weighted by Crippen LogP contribution is -2.52. The second kappa shape index (κ2) is 7.61. The Kier molecular flexibility index (Phi) is 6.19. The molecule has 1 N–H and O–H groups in total. The Morgan fingerprint density at radius 3 is 2.50 bits per heavy atom. The smallest absolute Gasteiger partial charge is 0.245 e. The van der Waals surface area contributed by atoms with Gasteiger partial charge in [-0.3, -0.25) is 9.59 Å². The summed E-state index contributed by atoms with van der Waals surface area (Å²) in [6, 6.07) is 0.490. The first-order chi connectivity index (χ1) is 10.9. The highest BCUT2D eigenvalue weighted by Gasteiger charge is 2.44. The summed E-state index contributed by atoms with van der Waals surface area (Å²) < 4.78 is 0. The molecule has 3 heterocycles. The number of carbonyl (C=O) groups is 2. The topological polar surface area (TPSA) is 52.7 Å². The molecule has 2 amide bonds. The maximum atomic E-state index is 13.2. The number of carbonyl (C=O) groups excluding carboxylic acids is 2. The van der Waals surface area contributed by atoms with Gasteiger partial charge < -0.3 is 15.1 Å². The minimum Gasteiger partial charge on any atom is -0.334 e. The molecule has 0 aromatic carbocycles. The predicted octanol–water partition coefficient (Wildman–Crippen LogP) is 2.19. The molecule has 6 heteroatoms. The minimum absolute atomic E-state index is 0. The predicted molar refractivity (Wildman–Crippen MR) is 97.2 cm³/mol. The first-order valence-electron chi connectivity index (χ1n) is 9.19. The summed E-state index contributed by atoms with van der Waals surface area (Å²) in [5, 5.41) is 3.44. The molecule has 3 aliphatic heterocycles. The Hall–Kier alpha value is -0.810. The van der Waals surface area contributed by atoms with E-state index in [9.17, 15) is 9.59 Å². The van der Waals surface area contributed by atoms with Gasteiger partial charge in [-0.05, 0) is 44.1 Å². The number of amides is 2. The fraction of sp³-hybridized carbons (Fsp3) is 0.889. The van der Waals surface area contributed by atoms with Crippen LogP contribution in [0.15, 0.2) is 0 Å². The molecule has 0 aromatic heterocycles. The lowest BCUT2D eigenvalue weighted by atomic mass is 9.91. The second-order valence-electron chi connectivity index (χ2n) is 8.61. The number of nitrogens with zero attached hydrogens (tertiary/aromatic N) is 2. The zero-order valence-corrected chi connectivity index (χ0v) is 16.0. The van der Waals surface area contributed by atoms with Crippen LogP contribution in [0.5, 0.6) is 0 Å². The van der Waals surface area contributed by atoms with Gasteiger partial charge in [0, 0.05) is 31.6 Å². The zero-order chi connectivity index (χ0) is 16.6. The molecule has 2 bridgehead atoms. The Labute approximate surface area is 151 Å². The van der Waals surface area contributed by atoms with Crippen molar-refractivity contribution in [3.63, 3.8) is 0 Å². The normalized spacial score (nSPS) is 30.0. The molecule has 3 fully saturated rings. The van der Waals surface area contributed by atoms with E-state index in [2.05, 4.69) is 31.0 Å². The molecular formula is C18H32ClN3O2. The molecule has 0 saturated carbocycles. The van der Waals surface area contributed by atoms with Gasteiger partial charge in [0.25, 0.3) is 0 Å². The summed E-state index contributed by atoms with van der Waals surface area (Å²) in [6.45, 7) is 8.90. The highest BCUT2D eigenvalue weighted by molar-refractivity contribution is 5.89. The minimum atomic E-state index is -0.217. The van der Waals surface area contributed by atoms with Gasteiger partial charge in [0.05, 0.1) is 0 Å². The van der Waals surface area contributed by atoms with Crippen molar-refractivity contribution in [2.45, 2.75) is 77.4 Å². The summed E-state index contributed by atoms with van der Waals surface area (Å²) >= 11 is 0. The van der Waals surface area contributed by atoms with Gasteiger partial charge in [-0.25, -0.2) is 0 Å². The Bertz CT molecular complexity index is 463. The summed E-state index contributed by atoms with van der Waals surface area (Å²) in [4.78, 5) is 29.8. The van der Waals surface area contributed by atoms with Crippen LogP contribution in [-0.4, -0.2) is 59.4 Å². The van der Waals surface area contributed by atoms with E-state index < -0.39 is 0 Å². The van der Waals surface area contributed by atoms with Crippen LogP contribution in [0.4, 0.5) is 0 Å². The van der Waals surface area contributed by atoms with E-state index >= 15 is 0 Å². The summed E-state index contributed by atoms with van der Waals surface area (Å²) in [5.41, 5.74) is -0.0289. The van der Waals surface area contributed by atoms with Crippen molar-refractivity contribution in [1.82, 2.24) is 15.1 Å². The van der Waals surface area contributed by atoms with Gasteiger partial charge in [0.15, 0.2) is 0 Å². The van der Waals surface area contributed by atoms with Crippen LogP contribution in [0.3, 0.4) is 0 Å². The monoisotopic (exact) mass is 357 g/mol. The van der Waals surface area contributed by atoms with E-state index in [1.807, 2.05) is 4.90 Å². The van der Waals surface area contributed by atoms with E-state index in [-0.39, 0.29) is 35.7 Å². The van der Waals surface area contributed by atoms with Gasteiger partial charge in [0.1, 0.15) is 6.04 Å². The fourth-order valence-corrected chi connectivity index (χ4v) is 4.39. The van der Waals surface area contributed by atoms with Gasteiger partial charge in [-0.2, -0.15) is 0 Å².